The van der Waals surface area contributed by atoms with Crippen molar-refractivity contribution in [1.29, 1.82) is 0 Å². The molecule has 0 radical (unpaired) electrons. The molecule has 2 heterocycles. The van der Waals surface area contributed by atoms with Crippen molar-refractivity contribution < 1.29 is 18.3 Å². The number of nitrogens with zero attached hydrogens (tertiary/aromatic N) is 2. The number of ether oxygens (including phenoxy) is 1. The minimum absolute atomic E-state index is 0.0469. The van der Waals surface area contributed by atoms with Gasteiger partial charge in [0.25, 0.3) is 10.2 Å². The summed E-state index contributed by atoms with van der Waals surface area (Å²) in [7, 11) is -3.37. The van der Waals surface area contributed by atoms with Crippen LogP contribution in [-0.4, -0.2) is 67.6 Å². The van der Waals surface area contributed by atoms with Gasteiger partial charge in [0.15, 0.2) is 0 Å². The predicted molar refractivity (Wildman–Crippen MR) is 71.9 cm³/mol. The van der Waals surface area contributed by atoms with Gasteiger partial charge in [-0.15, -0.1) is 0 Å². The summed E-state index contributed by atoms with van der Waals surface area (Å²) >= 11 is 0. The van der Waals surface area contributed by atoms with Gasteiger partial charge in [-0.25, -0.2) is 0 Å². The third-order valence-electron chi connectivity index (χ3n) is 4.10. The Bertz CT molecular complexity index is 379. The summed E-state index contributed by atoms with van der Waals surface area (Å²) in [5, 5.41) is 9.11. The smallest absolute Gasteiger partial charge is 0.282 e. The summed E-state index contributed by atoms with van der Waals surface area (Å²) in [6.45, 7) is 4.58. The zero-order valence-electron chi connectivity index (χ0n) is 11.5. The lowest BCUT2D eigenvalue weighted by atomic mass is 10.00. The van der Waals surface area contributed by atoms with E-state index in [2.05, 4.69) is 0 Å². The second kappa shape index (κ2) is 6.49. The van der Waals surface area contributed by atoms with E-state index in [1.807, 2.05) is 6.92 Å². The molecule has 1 atom stereocenters. The Morgan fingerprint density at radius 2 is 1.95 bits per heavy atom. The average molecular weight is 292 g/mol. The summed E-state index contributed by atoms with van der Waals surface area (Å²) in [4.78, 5) is 0. The summed E-state index contributed by atoms with van der Waals surface area (Å²) in [5.74, 6) is 0.248. The van der Waals surface area contributed by atoms with Crippen LogP contribution in [0.25, 0.3) is 0 Å². The third kappa shape index (κ3) is 3.28. The monoisotopic (exact) mass is 292 g/mol. The topological polar surface area (TPSA) is 70.1 Å². The maximum Gasteiger partial charge on any atom is 0.282 e. The second-order valence-electron chi connectivity index (χ2n) is 5.28. The van der Waals surface area contributed by atoms with Crippen molar-refractivity contribution in [2.75, 3.05) is 39.5 Å². The predicted octanol–water partition coefficient (Wildman–Crippen LogP) is 0.0463. The maximum atomic E-state index is 12.6. The molecule has 2 fully saturated rings. The molecule has 6 nitrogen and oxygen atoms in total. The SMILES string of the molecule is CCC1COCCN1S(=O)(=O)N1CCC(CO)CC1. The normalized spacial score (nSPS) is 28.6. The van der Waals surface area contributed by atoms with Crippen LogP contribution in [0.5, 0.6) is 0 Å². The van der Waals surface area contributed by atoms with E-state index in [0.29, 0.717) is 32.8 Å². The zero-order chi connectivity index (χ0) is 13.9. The Morgan fingerprint density at radius 1 is 1.26 bits per heavy atom. The maximum absolute atomic E-state index is 12.6. The quantitative estimate of drug-likeness (QED) is 0.794. The van der Waals surface area contributed by atoms with Gasteiger partial charge in [0, 0.05) is 32.3 Å². The Balaban J connectivity index is 2.05. The number of aliphatic hydroxyl groups excluding tert-OH is 1. The van der Waals surface area contributed by atoms with Crippen LogP contribution in [0.4, 0.5) is 0 Å². The first kappa shape index (κ1) is 15.2. The van der Waals surface area contributed by atoms with Crippen molar-refractivity contribution >= 4 is 10.2 Å². The van der Waals surface area contributed by atoms with E-state index in [1.54, 1.807) is 8.61 Å². The molecule has 2 saturated heterocycles. The van der Waals surface area contributed by atoms with Crippen molar-refractivity contribution in [1.82, 2.24) is 8.61 Å². The fourth-order valence-electron chi connectivity index (χ4n) is 2.74. The van der Waals surface area contributed by atoms with Gasteiger partial charge < -0.3 is 9.84 Å². The molecule has 7 heteroatoms. The lowest BCUT2D eigenvalue weighted by Crippen LogP contribution is -2.55. The Morgan fingerprint density at radius 3 is 2.53 bits per heavy atom. The van der Waals surface area contributed by atoms with Gasteiger partial charge in [-0.3, -0.25) is 0 Å². The first-order chi connectivity index (χ1) is 9.09. The lowest BCUT2D eigenvalue weighted by Gasteiger charge is -2.39. The minimum Gasteiger partial charge on any atom is -0.396 e. The molecule has 2 rings (SSSR count). The molecule has 2 aliphatic rings. The van der Waals surface area contributed by atoms with E-state index in [-0.39, 0.29) is 18.6 Å². The zero-order valence-corrected chi connectivity index (χ0v) is 12.3. The van der Waals surface area contributed by atoms with Crippen LogP contribution in [0.2, 0.25) is 0 Å². The van der Waals surface area contributed by atoms with E-state index in [0.717, 1.165) is 19.3 Å². The van der Waals surface area contributed by atoms with Crippen LogP contribution < -0.4 is 0 Å². The first-order valence-corrected chi connectivity index (χ1v) is 8.44. The molecule has 0 aromatic heterocycles. The molecule has 19 heavy (non-hydrogen) atoms. The fourth-order valence-corrected chi connectivity index (χ4v) is 4.60. The fraction of sp³-hybridized carbons (Fsp3) is 1.00. The highest BCUT2D eigenvalue weighted by Crippen LogP contribution is 2.24. The van der Waals surface area contributed by atoms with Crippen LogP contribution in [0.15, 0.2) is 0 Å². The average Bonchev–Trinajstić information content (AvgIpc) is 2.47. The van der Waals surface area contributed by atoms with Crippen LogP contribution in [0.1, 0.15) is 26.2 Å². The van der Waals surface area contributed by atoms with Crippen molar-refractivity contribution in [3.05, 3.63) is 0 Å². The van der Waals surface area contributed by atoms with Gasteiger partial charge in [-0.1, -0.05) is 6.92 Å². The molecule has 0 aliphatic carbocycles. The number of rotatable bonds is 4. The van der Waals surface area contributed by atoms with Crippen LogP contribution >= 0.6 is 0 Å². The van der Waals surface area contributed by atoms with Gasteiger partial charge >= 0.3 is 0 Å². The van der Waals surface area contributed by atoms with Gasteiger partial charge in [0.1, 0.15) is 0 Å². The Kier molecular flexibility index (Phi) is 5.19. The van der Waals surface area contributed by atoms with Crippen LogP contribution in [0.3, 0.4) is 0 Å². The molecule has 0 bridgehead atoms. The number of morpholine rings is 1. The van der Waals surface area contributed by atoms with Crippen molar-refractivity contribution in [2.24, 2.45) is 5.92 Å². The highest BCUT2D eigenvalue weighted by molar-refractivity contribution is 7.86. The number of aliphatic hydroxyl groups is 1. The summed E-state index contributed by atoms with van der Waals surface area (Å²) in [6, 6.07) is -0.0469. The molecule has 1 unspecified atom stereocenters. The molecule has 0 amide bonds. The Labute approximate surface area is 115 Å². The van der Waals surface area contributed by atoms with Crippen molar-refractivity contribution in [3.63, 3.8) is 0 Å². The van der Waals surface area contributed by atoms with Gasteiger partial charge in [0.2, 0.25) is 0 Å². The van der Waals surface area contributed by atoms with E-state index in [4.69, 9.17) is 9.84 Å². The molecule has 0 aromatic carbocycles. The van der Waals surface area contributed by atoms with E-state index in [9.17, 15) is 8.42 Å². The standard InChI is InChI=1S/C12H24N2O4S/c1-2-12-10-18-8-7-14(12)19(16,17)13-5-3-11(9-15)4-6-13/h11-12,15H,2-10H2,1H3. The van der Waals surface area contributed by atoms with E-state index < -0.39 is 10.2 Å². The number of hydrogen-bond donors (Lipinski definition) is 1. The van der Waals surface area contributed by atoms with Crippen molar-refractivity contribution in [3.8, 4) is 0 Å². The molecule has 0 aromatic rings. The largest absolute Gasteiger partial charge is 0.396 e. The Hall–Kier alpha value is -0.210. The molecule has 1 N–H and O–H groups in total. The van der Waals surface area contributed by atoms with Gasteiger partial charge in [-0.2, -0.15) is 17.0 Å². The van der Waals surface area contributed by atoms with Gasteiger partial charge in [0.05, 0.1) is 13.2 Å². The number of hydrogen-bond acceptors (Lipinski definition) is 4. The molecular formula is C12H24N2O4S. The summed E-state index contributed by atoms with van der Waals surface area (Å²) < 4.78 is 33.8. The molecule has 2 aliphatic heterocycles. The molecule has 112 valence electrons. The minimum atomic E-state index is -3.37. The highest BCUT2D eigenvalue weighted by Gasteiger charge is 2.37. The first-order valence-electron chi connectivity index (χ1n) is 7.05. The molecular weight excluding hydrogens is 268 g/mol. The second-order valence-corrected chi connectivity index (χ2v) is 7.16. The number of piperidine rings is 1. The van der Waals surface area contributed by atoms with E-state index in [1.165, 1.54) is 0 Å². The van der Waals surface area contributed by atoms with Crippen molar-refractivity contribution in [2.45, 2.75) is 32.2 Å². The molecule has 0 saturated carbocycles. The van der Waals surface area contributed by atoms with E-state index >= 15 is 0 Å². The van der Waals surface area contributed by atoms with Crippen LogP contribution in [0, 0.1) is 5.92 Å². The lowest BCUT2D eigenvalue weighted by molar-refractivity contribution is 0.0276. The summed E-state index contributed by atoms with van der Waals surface area (Å²) in [6.07, 6.45) is 2.26. The third-order valence-corrected chi connectivity index (χ3v) is 6.19. The van der Waals surface area contributed by atoms with Crippen LogP contribution in [-0.2, 0) is 14.9 Å². The molecule has 0 spiro atoms. The van der Waals surface area contributed by atoms with Gasteiger partial charge in [-0.05, 0) is 25.2 Å². The summed E-state index contributed by atoms with van der Waals surface area (Å²) in [5.41, 5.74) is 0. The highest BCUT2D eigenvalue weighted by atomic mass is 32.2.